The molecule has 1 unspecified atom stereocenters. The molecule has 0 radical (unpaired) electrons. The van der Waals surface area contributed by atoms with Gasteiger partial charge in [0.2, 0.25) is 0 Å². The first-order chi connectivity index (χ1) is 12.2. The van der Waals surface area contributed by atoms with Crippen LogP contribution < -0.4 is 14.8 Å². The van der Waals surface area contributed by atoms with Crippen molar-refractivity contribution in [1.82, 2.24) is 10.2 Å². The van der Waals surface area contributed by atoms with Crippen LogP contribution in [0.15, 0.2) is 42.5 Å². The zero-order chi connectivity index (χ0) is 17.6. The topological polar surface area (TPSA) is 33.7 Å². The molecule has 134 valence electrons. The van der Waals surface area contributed by atoms with Crippen molar-refractivity contribution in [2.45, 2.75) is 12.5 Å². The lowest BCUT2D eigenvalue weighted by molar-refractivity contribution is 0.236. The minimum Gasteiger partial charge on any atom is -0.497 e. The van der Waals surface area contributed by atoms with Crippen LogP contribution in [0.5, 0.6) is 11.5 Å². The molecular formula is C20H25ClN2O2. The molecule has 5 heteroatoms. The summed E-state index contributed by atoms with van der Waals surface area (Å²) in [5, 5.41) is 4.19. The number of hydrogen-bond donors (Lipinski definition) is 1. The van der Waals surface area contributed by atoms with Gasteiger partial charge in [-0.1, -0.05) is 23.7 Å². The van der Waals surface area contributed by atoms with Gasteiger partial charge in [0.25, 0.3) is 0 Å². The van der Waals surface area contributed by atoms with E-state index in [-0.39, 0.29) is 6.04 Å². The zero-order valence-corrected chi connectivity index (χ0v) is 15.6. The van der Waals surface area contributed by atoms with Crippen LogP contribution in [0.1, 0.15) is 23.6 Å². The Bertz CT molecular complexity index is 700. The Morgan fingerprint density at radius 3 is 2.72 bits per heavy atom. The quantitative estimate of drug-likeness (QED) is 0.880. The van der Waals surface area contributed by atoms with Gasteiger partial charge < -0.3 is 14.8 Å². The summed E-state index contributed by atoms with van der Waals surface area (Å²) in [4.78, 5) is 2.49. The Morgan fingerprint density at radius 2 is 1.92 bits per heavy atom. The van der Waals surface area contributed by atoms with Gasteiger partial charge in [-0.3, -0.25) is 4.90 Å². The van der Waals surface area contributed by atoms with Gasteiger partial charge in [-0.15, -0.1) is 0 Å². The highest BCUT2D eigenvalue weighted by molar-refractivity contribution is 6.30. The Morgan fingerprint density at radius 1 is 1.04 bits per heavy atom. The maximum absolute atomic E-state index is 6.32. The molecule has 0 saturated carbocycles. The largest absolute Gasteiger partial charge is 0.497 e. The highest BCUT2D eigenvalue weighted by atomic mass is 35.5. The number of hydrogen-bond acceptors (Lipinski definition) is 4. The second kappa shape index (κ2) is 8.56. The maximum atomic E-state index is 6.32. The van der Waals surface area contributed by atoms with Gasteiger partial charge >= 0.3 is 0 Å². The second-order valence-electron chi connectivity index (χ2n) is 6.20. The lowest BCUT2D eigenvalue weighted by Crippen LogP contribution is -2.33. The van der Waals surface area contributed by atoms with E-state index in [4.69, 9.17) is 21.1 Å². The highest BCUT2D eigenvalue weighted by Crippen LogP contribution is 2.37. The van der Waals surface area contributed by atoms with E-state index in [0.29, 0.717) is 0 Å². The van der Waals surface area contributed by atoms with Crippen molar-refractivity contribution in [1.29, 1.82) is 0 Å². The number of rotatable bonds is 5. The molecule has 0 bridgehead atoms. The number of ether oxygens (including phenoxy) is 2. The summed E-state index contributed by atoms with van der Waals surface area (Å²) in [5.41, 5.74) is 2.27. The van der Waals surface area contributed by atoms with Gasteiger partial charge in [-0.2, -0.15) is 0 Å². The van der Waals surface area contributed by atoms with Crippen molar-refractivity contribution >= 4 is 11.6 Å². The molecule has 0 aliphatic carbocycles. The normalized spacial score (nSPS) is 16.9. The molecule has 1 aliphatic rings. The summed E-state index contributed by atoms with van der Waals surface area (Å²) in [6, 6.07) is 14.2. The molecule has 25 heavy (non-hydrogen) atoms. The van der Waals surface area contributed by atoms with E-state index in [1.807, 2.05) is 30.3 Å². The summed E-state index contributed by atoms with van der Waals surface area (Å²) in [6.45, 7) is 4.01. The van der Waals surface area contributed by atoms with Gasteiger partial charge in [0, 0.05) is 30.2 Å². The van der Waals surface area contributed by atoms with Crippen LogP contribution in [0, 0.1) is 0 Å². The predicted molar refractivity (Wildman–Crippen MR) is 102 cm³/mol. The maximum Gasteiger partial charge on any atom is 0.124 e. The molecule has 1 fully saturated rings. The summed E-state index contributed by atoms with van der Waals surface area (Å²) in [5.74, 6) is 1.71. The molecule has 1 atom stereocenters. The van der Waals surface area contributed by atoms with E-state index in [2.05, 4.69) is 22.3 Å². The SMILES string of the molecule is COc1cccc(C(c2cc(Cl)ccc2OC)N2CCCNCC2)c1. The fourth-order valence-electron chi connectivity index (χ4n) is 3.44. The molecule has 0 amide bonds. The first-order valence-corrected chi connectivity index (χ1v) is 9.03. The van der Waals surface area contributed by atoms with E-state index in [9.17, 15) is 0 Å². The van der Waals surface area contributed by atoms with Crippen LogP contribution >= 0.6 is 11.6 Å². The minimum absolute atomic E-state index is 0.0728. The van der Waals surface area contributed by atoms with Crippen molar-refractivity contribution in [3.05, 3.63) is 58.6 Å². The van der Waals surface area contributed by atoms with Crippen LogP contribution in [0.2, 0.25) is 5.02 Å². The van der Waals surface area contributed by atoms with Crippen molar-refractivity contribution in [2.24, 2.45) is 0 Å². The van der Waals surface area contributed by atoms with Gasteiger partial charge in [0.05, 0.1) is 20.3 Å². The van der Waals surface area contributed by atoms with Gasteiger partial charge in [0.1, 0.15) is 11.5 Å². The molecule has 0 aromatic heterocycles. The van der Waals surface area contributed by atoms with E-state index in [0.717, 1.165) is 54.7 Å². The summed E-state index contributed by atoms with van der Waals surface area (Å²) in [6.07, 6.45) is 1.11. The third kappa shape index (κ3) is 4.27. The average molecular weight is 361 g/mol. The lowest BCUT2D eigenvalue weighted by Gasteiger charge is -2.32. The van der Waals surface area contributed by atoms with Crippen molar-refractivity contribution < 1.29 is 9.47 Å². The fraction of sp³-hybridized carbons (Fsp3) is 0.400. The van der Waals surface area contributed by atoms with E-state index < -0.39 is 0 Å². The summed E-state index contributed by atoms with van der Waals surface area (Å²) >= 11 is 6.32. The molecular weight excluding hydrogens is 336 g/mol. The van der Waals surface area contributed by atoms with E-state index >= 15 is 0 Å². The molecule has 3 rings (SSSR count). The minimum atomic E-state index is 0.0728. The van der Waals surface area contributed by atoms with Gasteiger partial charge in [-0.25, -0.2) is 0 Å². The van der Waals surface area contributed by atoms with Crippen molar-refractivity contribution in [3.8, 4) is 11.5 Å². The number of benzene rings is 2. The first-order valence-electron chi connectivity index (χ1n) is 8.65. The molecule has 1 heterocycles. The lowest BCUT2D eigenvalue weighted by atomic mass is 9.95. The molecule has 2 aromatic rings. The van der Waals surface area contributed by atoms with E-state index in [1.165, 1.54) is 5.56 Å². The van der Waals surface area contributed by atoms with Crippen LogP contribution in [-0.4, -0.2) is 45.3 Å². The Balaban J connectivity index is 2.09. The van der Waals surface area contributed by atoms with Gasteiger partial charge in [-0.05, 0) is 48.9 Å². The second-order valence-corrected chi connectivity index (χ2v) is 6.64. The number of nitrogens with zero attached hydrogens (tertiary/aromatic N) is 1. The molecule has 4 nitrogen and oxygen atoms in total. The molecule has 2 aromatic carbocycles. The number of methoxy groups -OCH3 is 2. The third-order valence-corrected chi connectivity index (χ3v) is 4.87. The van der Waals surface area contributed by atoms with Crippen LogP contribution in [0.25, 0.3) is 0 Å². The standard InChI is InChI=1S/C20H25ClN2O2/c1-24-17-6-3-5-15(13-17)20(23-11-4-9-22-10-12-23)18-14-16(21)7-8-19(18)25-2/h3,5-8,13-14,20,22H,4,9-12H2,1-2H3. The van der Waals surface area contributed by atoms with Crippen LogP contribution in [-0.2, 0) is 0 Å². The fourth-order valence-corrected chi connectivity index (χ4v) is 3.62. The molecule has 1 saturated heterocycles. The average Bonchev–Trinajstić information content (AvgIpc) is 2.92. The smallest absolute Gasteiger partial charge is 0.124 e. The van der Waals surface area contributed by atoms with Gasteiger partial charge in [0.15, 0.2) is 0 Å². The Kier molecular flexibility index (Phi) is 6.19. The third-order valence-electron chi connectivity index (χ3n) is 4.64. The first kappa shape index (κ1) is 18.1. The number of halogens is 1. The summed E-state index contributed by atoms with van der Waals surface area (Å²) < 4.78 is 11.1. The van der Waals surface area contributed by atoms with E-state index in [1.54, 1.807) is 14.2 Å². The van der Waals surface area contributed by atoms with Crippen molar-refractivity contribution in [2.75, 3.05) is 40.4 Å². The zero-order valence-electron chi connectivity index (χ0n) is 14.8. The Hall–Kier alpha value is -1.75. The molecule has 1 aliphatic heterocycles. The monoisotopic (exact) mass is 360 g/mol. The van der Waals surface area contributed by atoms with Crippen LogP contribution in [0.3, 0.4) is 0 Å². The highest BCUT2D eigenvalue weighted by Gasteiger charge is 2.26. The summed E-state index contributed by atoms with van der Waals surface area (Å²) in [7, 11) is 3.41. The predicted octanol–water partition coefficient (Wildman–Crippen LogP) is 3.74. The Labute approximate surface area is 154 Å². The number of nitrogens with one attached hydrogen (secondary N) is 1. The molecule has 1 N–H and O–H groups in total. The molecule has 0 spiro atoms. The van der Waals surface area contributed by atoms with Crippen LogP contribution in [0.4, 0.5) is 0 Å². The van der Waals surface area contributed by atoms with Crippen molar-refractivity contribution in [3.63, 3.8) is 0 Å².